The first-order chi connectivity index (χ1) is 7.38. The highest BCUT2D eigenvalue weighted by Crippen LogP contribution is 2.18. The number of hydrogen-bond donors (Lipinski definition) is 1. The predicted molar refractivity (Wildman–Crippen MR) is 62.3 cm³/mol. The minimum Gasteiger partial charge on any atom is -0.494 e. The van der Waals surface area contributed by atoms with Crippen LogP contribution in [0.5, 0.6) is 5.75 Å². The van der Waals surface area contributed by atoms with Crippen molar-refractivity contribution in [3.8, 4) is 5.75 Å². The molecule has 1 aromatic carbocycles. The van der Waals surface area contributed by atoms with Crippen LogP contribution < -0.4 is 10.1 Å². The van der Waals surface area contributed by atoms with Gasteiger partial charge in [0, 0.05) is 6.04 Å². The summed E-state index contributed by atoms with van der Waals surface area (Å²) in [6.07, 6.45) is 3.81. The van der Waals surface area contributed by atoms with E-state index >= 15 is 0 Å². The largest absolute Gasteiger partial charge is 0.494 e. The van der Waals surface area contributed by atoms with Gasteiger partial charge in [-0.05, 0) is 50.4 Å². The van der Waals surface area contributed by atoms with Gasteiger partial charge in [-0.2, -0.15) is 0 Å². The molecule has 1 aliphatic rings. The number of benzene rings is 1. The lowest BCUT2D eigenvalue weighted by Crippen LogP contribution is -2.19. The van der Waals surface area contributed by atoms with Crippen molar-refractivity contribution < 1.29 is 4.74 Å². The van der Waals surface area contributed by atoms with Gasteiger partial charge in [-0.1, -0.05) is 12.1 Å². The van der Waals surface area contributed by atoms with Crippen molar-refractivity contribution in [2.75, 3.05) is 13.2 Å². The lowest BCUT2D eigenvalue weighted by Gasteiger charge is -2.06. The highest BCUT2D eigenvalue weighted by atomic mass is 16.5. The summed E-state index contributed by atoms with van der Waals surface area (Å²) in [5, 5.41) is 3.52. The van der Waals surface area contributed by atoms with Crippen LogP contribution in [0, 0.1) is 0 Å². The molecule has 0 spiro atoms. The molecule has 2 nitrogen and oxygen atoms in total. The van der Waals surface area contributed by atoms with Crippen LogP contribution in [0.15, 0.2) is 24.3 Å². The molecule has 0 amide bonds. The van der Waals surface area contributed by atoms with Gasteiger partial charge < -0.3 is 10.1 Å². The van der Waals surface area contributed by atoms with Crippen molar-refractivity contribution in [2.24, 2.45) is 0 Å². The van der Waals surface area contributed by atoms with Crippen LogP contribution in [-0.2, 0) is 6.42 Å². The molecule has 1 fully saturated rings. The Kier molecular flexibility index (Phi) is 3.62. The second-order valence-corrected chi connectivity index (χ2v) is 4.06. The van der Waals surface area contributed by atoms with Gasteiger partial charge in [0.2, 0.25) is 0 Å². The van der Waals surface area contributed by atoms with Crippen molar-refractivity contribution in [3.05, 3.63) is 29.8 Å². The fraction of sp³-hybridized carbons (Fsp3) is 0.538. The molecule has 0 bridgehead atoms. The standard InChI is InChI=1S/C13H19NO/c1-2-15-13-5-3-4-11(10-13)8-9-14-12-6-7-12/h3-5,10,12,14H,2,6-9H2,1H3. The predicted octanol–water partition coefficient (Wildman–Crippen LogP) is 2.38. The molecule has 82 valence electrons. The van der Waals surface area contributed by atoms with E-state index in [2.05, 4.69) is 23.5 Å². The first-order valence-electron chi connectivity index (χ1n) is 5.83. The van der Waals surface area contributed by atoms with Gasteiger partial charge >= 0.3 is 0 Å². The van der Waals surface area contributed by atoms with Gasteiger partial charge in [0.1, 0.15) is 5.75 Å². The van der Waals surface area contributed by atoms with E-state index in [1.54, 1.807) is 0 Å². The third kappa shape index (κ3) is 3.56. The van der Waals surface area contributed by atoms with Crippen LogP contribution >= 0.6 is 0 Å². The van der Waals surface area contributed by atoms with E-state index in [1.165, 1.54) is 18.4 Å². The lowest BCUT2D eigenvalue weighted by atomic mass is 10.1. The minimum absolute atomic E-state index is 0.740. The molecule has 0 heterocycles. The fourth-order valence-electron chi connectivity index (χ4n) is 1.67. The van der Waals surface area contributed by atoms with Gasteiger partial charge in [0.05, 0.1) is 6.61 Å². The van der Waals surface area contributed by atoms with E-state index in [9.17, 15) is 0 Å². The molecule has 1 saturated carbocycles. The monoisotopic (exact) mass is 205 g/mol. The summed E-state index contributed by atoms with van der Waals surface area (Å²) in [5.41, 5.74) is 1.36. The molecule has 1 aliphatic carbocycles. The third-order valence-corrected chi connectivity index (χ3v) is 2.63. The summed E-state index contributed by atoms with van der Waals surface area (Å²) in [7, 11) is 0. The average Bonchev–Trinajstić information content (AvgIpc) is 3.03. The Morgan fingerprint density at radius 1 is 1.40 bits per heavy atom. The molecule has 2 heteroatoms. The Labute approximate surface area is 91.6 Å². The van der Waals surface area contributed by atoms with E-state index in [0.717, 1.165) is 31.4 Å². The highest BCUT2D eigenvalue weighted by molar-refractivity contribution is 5.28. The van der Waals surface area contributed by atoms with Crippen LogP contribution in [0.3, 0.4) is 0 Å². The Balaban J connectivity index is 1.80. The topological polar surface area (TPSA) is 21.3 Å². The molecule has 0 aliphatic heterocycles. The van der Waals surface area contributed by atoms with Gasteiger partial charge in [0.15, 0.2) is 0 Å². The number of ether oxygens (including phenoxy) is 1. The van der Waals surface area contributed by atoms with E-state index in [0.29, 0.717) is 0 Å². The molecule has 1 aromatic rings. The van der Waals surface area contributed by atoms with Gasteiger partial charge in [-0.15, -0.1) is 0 Å². The quantitative estimate of drug-likeness (QED) is 0.770. The molecular formula is C13H19NO. The normalized spacial score (nSPS) is 15.3. The van der Waals surface area contributed by atoms with Crippen molar-refractivity contribution in [3.63, 3.8) is 0 Å². The first-order valence-corrected chi connectivity index (χ1v) is 5.83. The second kappa shape index (κ2) is 5.17. The molecule has 0 saturated heterocycles. The van der Waals surface area contributed by atoms with Crippen molar-refractivity contribution >= 4 is 0 Å². The smallest absolute Gasteiger partial charge is 0.119 e. The van der Waals surface area contributed by atoms with Gasteiger partial charge in [-0.3, -0.25) is 0 Å². The Bertz CT molecular complexity index is 307. The van der Waals surface area contributed by atoms with Crippen LogP contribution in [0.4, 0.5) is 0 Å². The SMILES string of the molecule is CCOc1cccc(CCNC2CC2)c1. The van der Waals surface area contributed by atoms with Crippen LogP contribution in [0.1, 0.15) is 25.3 Å². The van der Waals surface area contributed by atoms with Crippen molar-refractivity contribution in [1.29, 1.82) is 0 Å². The fourth-order valence-corrected chi connectivity index (χ4v) is 1.67. The summed E-state index contributed by atoms with van der Waals surface area (Å²) in [6.45, 7) is 3.84. The van der Waals surface area contributed by atoms with Crippen LogP contribution in [0.2, 0.25) is 0 Å². The first kappa shape index (κ1) is 10.5. The Morgan fingerprint density at radius 2 is 2.27 bits per heavy atom. The second-order valence-electron chi connectivity index (χ2n) is 4.06. The van der Waals surface area contributed by atoms with E-state index in [4.69, 9.17) is 4.74 Å². The van der Waals surface area contributed by atoms with Crippen LogP contribution in [-0.4, -0.2) is 19.2 Å². The molecule has 0 unspecified atom stereocenters. The van der Waals surface area contributed by atoms with Crippen LogP contribution in [0.25, 0.3) is 0 Å². The molecule has 0 radical (unpaired) electrons. The minimum atomic E-state index is 0.740. The zero-order valence-electron chi connectivity index (χ0n) is 9.33. The summed E-state index contributed by atoms with van der Waals surface area (Å²) in [6, 6.07) is 9.19. The molecule has 2 rings (SSSR count). The summed E-state index contributed by atoms with van der Waals surface area (Å²) < 4.78 is 5.47. The zero-order valence-corrected chi connectivity index (χ0v) is 9.33. The van der Waals surface area contributed by atoms with E-state index in [1.807, 2.05) is 13.0 Å². The average molecular weight is 205 g/mol. The summed E-state index contributed by atoms with van der Waals surface area (Å²) >= 11 is 0. The number of rotatable bonds is 6. The number of hydrogen-bond acceptors (Lipinski definition) is 2. The molecule has 0 atom stereocenters. The Hall–Kier alpha value is -1.02. The molecular weight excluding hydrogens is 186 g/mol. The third-order valence-electron chi connectivity index (χ3n) is 2.63. The lowest BCUT2D eigenvalue weighted by molar-refractivity contribution is 0.340. The maximum Gasteiger partial charge on any atom is 0.119 e. The maximum absolute atomic E-state index is 5.47. The van der Waals surface area contributed by atoms with E-state index < -0.39 is 0 Å². The molecule has 15 heavy (non-hydrogen) atoms. The Morgan fingerprint density at radius 3 is 3.00 bits per heavy atom. The number of nitrogens with one attached hydrogen (secondary N) is 1. The van der Waals surface area contributed by atoms with Gasteiger partial charge in [-0.25, -0.2) is 0 Å². The molecule has 0 aromatic heterocycles. The highest BCUT2D eigenvalue weighted by Gasteiger charge is 2.19. The maximum atomic E-state index is 5.47. The summed E-state index contributed by atoms with van der Waals surface area (Å²) in [5.74, 6) is 0.987. The van der Waals surface area contributed by atoms with Gasteiger partial charge in [0.25, 0.3) is 0 Å². The van der Waals surface area contributed by atoms with Crippen molar-refractivity contribution in [1.82, 2.24) is 5.32 Å². The summed E-state index contributed by atoms with van der Waals surface area (Å²) in [4.78, 5) is 0. The zero-order chi connectivity index (χ0) is 10.5. The molecule has 1 N–H and O–H groups in total. The van der Waals surface area contributed by atoms with Crippen molar-refractivity contribution in [2.45, 2.75) is 32.2 Å². The van der Waals surface area contributed by atoms with E-state index in [-0.39, 0.29) is 0 Å².